The first-order valence-corrected chi connectivity index (χ1v) is 8.18. The van der Waals surface area contributed by atoms with Crippen LogP contribution in [0.2, 0.25) is 5.28 Å². The largest absolute Gasteiger partial charge is 0.437 e. The first kappa shape index (κ1) is 15.8. The molecule has 2 aromatic heterocycles. The summed E-state index contributed by atoms with van der Waals surface area (Å²) in [4.78, 5) is 0. The van der Waals surface area contributed by atoms with Crippen molar-refractivity contribution in [2.45, 2.75) is 19.3 Å². The van der Waals surface area contributed by atoms with E-state index < -0.39 is 0 Å². The lowest BCUT2D eigenvalue weighted by atomic mass is 9.89. The second-order valence-corrected chi connectivity index (χ2v) is 6.19. The number of fused-ring (bicyclic) bond motifs is 1. The van der Waals surface area contributed by atoms with Crippen molar-refractivity contribution in [3.63, 3.8) is 0 Å². The lowest BCUT2D eigenvalue weighted by Gasteiger charge is -2.19. The molecular formula is C18H14ClFN4O. The number of ether oxygens (including phenoxy) is 1. The summed E-state index contributed by atoms with van der Waals surface area (Å²) < 4.78 is 21.1. The van der Waals surface area contributed by atoms with Gasteiger partial charge in [-0.25, -0.2) is 4.39 Å². The maximum absolute atomic E-state index is 13.8. The Labute approximate surface area is 148 Å². The van der Waals surface area contributed by atoms with Crippen LogP contribution in [0, 0.1) is 5.82 Å². The first-order valence-electron chi connectivity index (χ1n) is 7.80. The molecule has 0 N–H and O–H groups in total. The fraction of sp³-hybridized carbons (Fsp3) is 0.167. The predicted octanol–water partition coefficient (Wildman–Crippen LogP) is 4.70. The van der Waals surface area contributed by atoms with Gasteiger partial charge in [0.05, 0.1) is 0 Å². The molecule has 3 aromatic rings. The molecule has 4 rings (SSSR count). The van der Waals surface area contributed by atoms with E-state index in [0.717, 1.165) is 17.6 Å². The van der Waals surface area contributed by atoms with Crippen LogP contribution in [-0.2, 0) is 0 Å². The number of aromatic nitrogens is 4. The molecule has 0 amide bonds. The summed E-state index contributed by atoms with van der Waals surface area (Å²) in [7, 11) is 0. The Bertz CT molecular complexity index is 1010. The molecule has 0 saturated carbocycles. The smallest absolute Gasteiger partial charge is 0.246 e. The van der Waals surface area contributed by atoms with E-state index in [1.54, 1.807) is 18.2 Å². The van der Waals surface area contributed by atoms with Gasteiger partial charge in [-0.15, -0.1) is 15.3 Å². The van der Waals surface area contributed by atoms with Gasteiger partial charge in [-0.05, 0) is 49.2 Å². The summed E-state index contributed by atoms with van der Waals surface area (Å²) in [6.07, 6.45) is 7.03. The lowest BCUT2D eigenvalue weighted by Crippen LogP contribution is -2.03. The maximum Gasteiger partial charge on any atom is 0.246 e. The molecule has 1 aromatic carbocycles. The van der Waals surface area contributed by atoms with Crippen LogP contribution in [0.3, 0.4) is 0 Å². The molecule has 1 aliphatic rings. The molecule has 25 heavy (non-hydrogen) atoms. The SMILES string of the molecule is CC1=CC(c2cc(F)ccc2Oc2ccc3nnc(Cl)n3n2)CC=C1. The highest BCUT2D eigenvalue weighted by molar-refractivity contribution is 6.28. The zero-order valence-corrected chi connectivity index (χ0v) is 14.1. The Morgan fingerprint density at radius 1 is 1.24 bits per heavy atom. The van der Waals surface area contributed by atoms with Gasteiger partial charge < -0.3 is 4.74 Å². The van der Waals surface area contributed by atoms with Crippen molar-refractivity contribution in [3.05, 3.63) is 70.8 Å². The van der Waals surface area contributed by atoms with Gasteiger partial charge in [-0.2, -0.15) is 4.52 Å². The third-order valence-corrected chi connectivity index (χ3v) is 4.26. The van der Waals surface area contributed by atoms with Crippen molar-refractivity contribution < 1.29 is 9.13 Å². The summed E-state index contributed by atoms with van der Waals surface area (Å²) in [6, 6.07) is 7.88. The summed E-state index contributed by atoms with van der Waals surface area (Å²) >= 11 is 5.94. The summed E-state index contributed by atoms with van der Waals surface area (Å²) in [6.45, 7) is 2.02. The van der Waals surface area contributed by atoms with Gasteiger partial charge in [0.2, 0.25) is 11.2 Å². The third-order valence-electron chi connectivity index (χ3n) is 4.02. The van der Waals surface area contributed by atoms with Crippen LogP contribution in [0.15, 0.2) is 54.1 Å². The molecule has 0 saturated heterocycles. The van der Waals surface area contributed by atoms with Crippen LogP contribution in [-0.4, -0.2) is 19.8 Å². The minimum absolute atomic E-state index is 0.0536. The van der Waals surface area contributed by atoms with Crippen molar-refractivity contribution in [3.8, 4) is 11.6 Å². The number of hydrogen-bond acceptors (Lipinski definition) is 4. The van der Waals surface area contributed by atoms with Gasteiger partial charge >= 0.3 is 0 Å². The van der Waals surface area contributed by atoms with E-state index in [9.17, 15) is 4.39 Å². The Morgan fingerprint density at radius 2 is 2.12 bits per heavy atom. The number of nitrogens with zero attached hydrogens (tertiary/aromatic N) is 4. The summed E-state index contributed by atoms with van der Waals surface area (Å²) in [5, 5.41) is 12.0. The van der Waals surface area contributed by atoms with Crippen LogP contribution in [0.4, 0.5) is 4.39 Å². The molecule has 1 aliphatic carbocycles. The van der Waals surface area contributed by atoms with Gasteiger partial charge in [0.25, 0.3) is 0 Å². The van der Waals surface area contributed by atoms with Gasteiger partial charge in [-0.3, -0.25) is 0 Å². The van der Waals surface area contributed by atoms with Gasteiger partial charge in [0.1, 0.15) is 11.6 Å². The number of hydrogen-bond donors (Lipinski definition) is 0. The quantitative estimate of drug-likeness (QED) is 0.682. The average molecular weight is 357 g/mol. The minimum atomic E-state index is -0.298. The van der Waals surface area contributed by atoms with Crippen molar-refractivity contribution in [2.24, 2.45) is 0 Å². The van der Waals surface area contributed by atoms with Crippen LogP contribution < -0.4 is 4.74 Å². The molecule has 1 atom stereocenters. The second kappa shape index (κ2) is 6.29. The predicted molar refractivity (Wildman–Crippen MR) is 92.5 cm³/mol. The standard InChI is InChI=1S/C18H14ClFN4O/c1-11-3-2-4-12(9-11)14-10-13(20)5-6-15(14)25-17-8-7-16-21-22-18(19)24(16)23-17/h2-3,5-10,12H,4H2,1H3. The normalized spacial score (nSPS) is 16.9. The molecule has 0 spiro atoms. The lowest BCUT2D eigenvalue weighted by molar-refractivity contribution is 0.443. The number of rotatable bonds is 3. The second-order valence-electron chi connectivity index (χ2n) is 5.85. The van der Waals surface area contributed by atoms with Crippen molar-refractivity contribution >= 4 is 17.2 Å². The van der Waals surface area contributed by atoms with E-state index in [1.165, 1.54) is 16.6 Å². The zero-order valence-electron chi connectivity index (χ0n) is 13.4. The van der Waals surface area contributed by atoms with Crippen molar-refractivity contribution in [1.29, 1.82) is 0 Å². The Morgan fingerprint density at radius 3 is 2.96 bits per heavy atom. The van der Waals surface area contributed by atoms with E-state index in [4.69, 9.17) is 16.3 Å². The van der Waals surface area contributed by atoms with Crippen LogP contribution in [0.1, 0.15) is 24.8 Å². The molecule has 1 unspecified atom stereocenters. The Hall–Kier alpha value is -2.73. The number of halogens is 2. The highest BCUT2D eigenvalue weighted by Crippen LogP contribution is 2.36. The summed E-state index contributed by atoms with van der Waals surface area (Å²) in [5.41, 5.74) is 2.44. The molecule has 5 nitrogen and oxygen atoms in total. The van der Waals surface area contributed by atoms with Crippen molar-refractivity contribution in [2.75, 3.05) is 0 Å². The molecule has 0 bridgehead atoms. The van der Waals surface area contributed by atoms with E-state index in [0.29, 0.717) is 17.3 Å². The molecule has 0 fully saturated rings. The maximum atomic E-state index is 13.8. The summed E-state index contributed by atoms with van der Waals surface area (Å²) in [5.74, 6) is 0.641. The topological polar surface area (TPSA) is 52.3 Å². The molecular weight excluding hydrogens is 343 g/mol. The van der Waals surface area contributed by atoms with Crippen molar-refractivity contribution in [1.82, 2.24) is 19.8 Å². The first-order chi connectivity index (χ1) is 12.1. The molecule has 0 radical (unpaired) electrons. The van der Waals surface area contributed by atoms with E-state index >= 15 is 0 Å². The van der Waals surface area contributed by atoms with Gasteiger partial charge in [-0.1, -0.05) is 23.8 Å². The third kappa shape index (κ3) is 3.13. The monoisotopic (exact) mass is 356 g/mol. The van der Waals surface area contributed by atoms with Crippen LogP contribution in [0.5, 0.6) is 11.6 Å². The average Bonchev–Trinajstić information content (AvgIpc) is 2.97. The Balaban J connectivity index is 1.72. The number of benzene rings is 1. The molecule has 2 heterocycles. The van der Waals surface area contributed by atoms with E-state index in [2.05, 4.69) is 33.5 Å². The van der Waals surface area contributed by atoms with E-state index in [-0.39, 0.29) is 17.0 Å². The minimum Gasteiger partial charge on any atom is -0.437 e. The van der Waals surface area contributed by atoms with Gasteiger partial charge in [0, 0.05) is 17.5 Å². The highest BCUT2D eigenvalue weighted by Gasteiger charge is 2.18. The fourth-order valence-electron chi connectivity index (χ4n) is 2.87. The fourth-order valence-corrected chi connectivity index (χ4v) is 3.04. The van der Waals surface area contributed by atoms with Crippen LogP contribution >= 0.6 is 11.6 Å². The van der Waals surface area contributed by atoms with Crippen LogP contribution in [0.25, 0.3) is 5.65 Å². The number of allylic oxidation sites excluding steroid dienone is 4. The Kier molecular flexibility index (Phi) is 3.97. The molecule has 0 aliphatic heterocycles. The highest BCUT2D eigenvalue weighted by atomic mass is 35.5. The molecule has 7 heteroatoms. The zero-order chi connectivity index (χ0) is 17.4. The van der Waals surface area contributed by atoms with Gasteiger partial charge in [0.15, 0.2) is 5.65 Å². The van der Waals surface area contributed by atoms with E-state index in [1.807, 2.05) is 6.92 Å². The molecule has 126 valence electrons.